The first-order valence-corrected chi connectivity index (χ1v) is 20.0. The number of thiophene rings is 1. The lowest BCUT2D eigenvalue weighted by atomic mass is 9.33. The number of benzene rings is 5. The van der Waals surface area contributed by atoms with Crippen LogP contribution in [0.15, 0.2) is 84.9 Å². The molecule has 52 heavy (non-hydrogen) atoms. The Bertz CT molecular complexity index is 2430. The molecule has 262 valence electrons. The molecule has 9 rings (SSSR count). The van der Waals surface area contributed by atoms with Crippen LogP contribution in [0.4, 0.5) is 33.4 Å². The normalized spacial score (nSPS) is 16.8. The van der Waals surface area contributed by atoms with Crippen LogP contribution in [0.25, 0.3) is 10.1 Å². The van der Waals surface area contributed by atoms with Gasteiger partial charge in [-0.05, 0) is 148 Å². The molecule has 0 atom stereocenters. The Hall–Kier alpha value is -4.28. The Morgan fingerprint density at radius 3 is 1.85 bits per heavy atom. The van der Waals surface area contributed by atoms with Crippen molar-refractivity contribution in [3.05, 3.63) is 124 Å². The zero-order valence-electron chi connectivity index (χ0n) is 32.9. The van der Waals surface area contributed by atoms with E-state index >= 15 is 0 Å². The van der Waals surface area contributed by atoms with E-state index in [0.717, 1.165) is 0 Å². The van der Waals surface area contributed by atoms with Gasteiger partial charge in [-0.2, -0.15) is 0 Å². The van der Waals surface area contributed by atoms with Crippen molar-refractivity contribution in [2.24, 2.45) is 0 Å². The van der Waals surface area contributed by atoms with Crippen molar-refractivity contribution in [1.29, 1.82) is 0 Å². The van der Waals surface area contributed by atoms with Gasteiger partial charge in [0.2, 0.25) is 0 Å². The van der Waals surface area contributed by atoms with E-state index in [0.29, 0.717) is 0 Å². The summed E-state index contributed by atoms with van der Waals surface area (Å²) in [6.07, 6.45) is 2.39. The number of nitrogens with zero attached hydrogens (tertiary/aromatic N) is 2. The minimum absolute atomic E-state index is 0.0895. The molecule has 0 saturated carbocycles. The summed E-state index contributed by atoms with van der Waals surface area (Å²) in [5.74, 6) is 0. The fraction of sp³-hybridized carbons (Fsp3) is 0.333. The van der Waals surface area contributed by atoms with Gasteiger partial charge in [0.15, 0.2) is 0 Å². The molecular formula is C48H51BN2S. The zero-order valence-corrected chi connectivity index (χ0v) is 33.7. The van der Waals surface area contributed by atoms with Gasteiger partial charge >= 0.3 is 0 Å². The molecule has 6 aromatic rings. The van der Waals surface area contributed by atoms with E-state index in [1.807, 2.05) is 11.3 Å². The highest BCUT2D eigenvalue weighted by atomic mass is 32.1. The van der Waals surface area contributed by atoms with Gasteiger partial charge < -0.3 is 9.80 Å². The summed E-state index contributed by atoms with van der Waals surface area (Å²) in [5.41, 5.74) is 20.7. The number of rotatable bonds is 2. The molecule has 5 aromatic carbocycles. The SMILES string of the molecule is Cc1cc(C)c(N2c3cc4c(cc3B3c5c(cc(C)cc52)N(c2ccc(C(C)(C)C)cc2)c2sc5ccccc5c23)C(C)(C)CCC4(C)C)c(C)c1. The van der Waals surface area contributed by atoms with Crippen molar-refractivity contribution in [3.63, 3.8) is 0 Å². The first-order chi connectivity index (χ1) is 24.5. The van der Waals surface area contributed by atoms with Crippen molar-refractivity contribution in [1.82, 2.24) is 0 Å². The molecule has 3 heterocycles. The van der Waals surface area contributed by atoms with Crippen LogP contribution < -0.4 is 26.2 Å². The van der Waals surface area contributed by atoms with Crippen molar-refractivity contribution in [2.45, 2.75) is 105 Å². The van der Waals surface area contributed by atoms with Crippen LogP contribution in [0.1, 0.15) is 100 Å². The van der Waals surface area contributed by atoms with Crippen LogP contribution in [-0.2, 0) is 16.2 Å². The lowest BCUT2D eigenvalue weighted by molar-refractivity contribution is 0.332. The van der Waals surface area contributed by atoms with E-state index in [1.165, 1.54) is 112 Å². The maximum atomic E-state index is 2.67. The minimum atomic E-state index is 0.0895. The van der Waals surface area contributed by atoms with Gasteiger partial charge in [-0.1, -0.05) is 103 Å². The second kappa shape index (κ2) is 11.1. The Balaban J connectivity index is 1.43. The molecule has 0 radical (unpaired) electrons. The molecule has 2 nitrogen and oxygen atoms in total. The Kier molecular flexibility index (Phi) is 7.18. The van der Waals surface area contributed by atoms with Crippen LogP contribution in [0.2, 0.25) is 0 Å². The van der Waals surface area contributed by atoms with Crippen LogP contribution in [0.5, 0.6) is 0 Å². The summed E-state index contributed by atoms with van der Waals surface area (Å²) < 4.78 is 1.35. The summed E-state index contributed by atoms with van der Waals surface area (Å²) >= 11 is 1.95. The van der Waals surface area contributed by atoms with E-state index in [9.17, 15) is 0 Å². The summed E-state index contributed by atoms with van der Waals surface area (Å²) in [4.78, 5) is 5.26. The van der Waals surface area contributed by atoms with Gasteiger partial charge in [0.05, 0.1) is 10.7 Å². The lowest BCUT2D eigenvalue weighted by Crippen LogP contribution is -2.61. The molecule has 0 spiro atoms. The van der Waals surface area contributed by atoms with Gasteiger partial charge in [0, 0.05) is 27.4 Å². The predicted octanol–water partition coefficient (Wildman–Crippen LogP) is 11.9. The fourth-order valence-electron chi connectivity index (χ4n) is 9.79. The average Bonchev–Trinajstić information content (AvgIpc) is 3.45. The quantitative estimate of drug-likeness (QED) is 0.166. The number of anilines is 6. The second-order valence-corrected chi connectivity index (χ2v) is 19.4. The number of aryl methyl sites for hydroxylation is 4. The molecule has 0 bridgehead atoms. The maximum absolute atomic E-state index is 2.67. The number of fused-ring (bicyclic) bond motifs is 7. The van der Waals surface area contributed by atoms with Gasteiger partial charge in [-0.25, -0.2) is 0 Å². The third-order valence-electron chi connectivity index (χ3n) is 12.6. The predicted molar refractivity (Wildman–Crippen MR) is 229 cm³/mol. The Labute approximate surface area is 315 Å². The molecule has 0 fully saturated rings. The molecule has 0 N–H and O–H groups in total. The van der Waals surface area contributed by atoms with Crippen molar-refractivity contribution >= 4 is 78.0 Å². The lowest BCUT2D eigenvalue weighted by Gasteiger charge is -2.47. The molecule has 1 aliphatic carbocycles. The molecular weight excluding hydrogens is 647 g/mol. The fourth-order valence-corrected chi connectivity index (χ4v) is 11.1. The van der Waals surface area contributed by atoms with E-state index in [2.05, 4.69) is 171 Å². The Morgan fingerprint density at radius 1 is 0.635 bits per heavy atom. The van der Waals surface area contributed by atoms with E-state index in [-0.39, 0.29) is 23.0 Å². The van der Waals surface area contributed by atoms with E-state index < -0.39 is 0 Å². The largest absolute Gasteiger partial charge is 0.311 e. The van der Waals surface area contributed by atoms with E-state index in [4.69, 9.17) is 0 Å². The summed E-state index contributed by atoms with van der Waals surface area (Å²) in [7, 11) is 0. The number of hydrogen-bond acceptors (Lipinski definition) is 3. The number of hydrogen-bond donors (Lipinski definition) is 0. The van der Waals surface area contributed by atoms with Crippen LogP contribution >= 0.6 is 11.3 Å². The van der Waals surface area contributed by atoms with Gasteiger partial charge in [-0.3, -0.25) is 0 Å². The first kappa shape index (κ1) is 33.6. The Morgan fingerprint density at radius 2 is 1.21 bits per heavy atom. The average molecular weight is 699 g/mol. The summed E-state index contributed by atoms with van der Waals surface area (Å²) in [5, 5.41) is 2.72. The zero-order chi connectivity index (χ0) is 36.6. The van der Waals surface area contributed by atoms with E-state index in [1.54, 1.807) is 0 Å². The highest BCUT2D eigenvalue weighted by molar-refractivity contribution is 7.26. The molecule has 0 amide bonds. The van der Waals surface area contributed by atoms with Crippen molar-refractivity contribution < 1.29 is 0 Å². The summed E-state index contributed by atoms with van der Waals surface area (Å²) in [6, 6.07) is 33.5. The molecule has 3 aliphatic rings. The van der Waals surface area contributed by atoms with Crippen LogP contribution in [-0.4, -0.2) is 6.71 Å². The first-order valence-electron chi connectivity index (χ1n) is 19.2. The molecule has 1 aromatic heterocycles. The molecule has 0 saturated heterocycles. The van der Waals surface area contributed by atoms with Crippen molar-refractivity contribution in [3.8, 4) is 0 Å². The topological polar surface area (TPSA) is 6.48 Å². The van der Waals surface area contributed by atoms with Crippen molar-refractivity contribution in [2.75, 3.05) is 9.80 Å². The molecule has 2 aliphatic heterocycles. The molecule has 0 unspecified atom stereocenters. The van der Waals surface area contributed by atoms with Crippen LogP contribution in [0.3, 0.4) is 0 Å². The maximum Gasteiger partial charge on any atom is 0.254 e. The monoisotopic (exact) mass is 698 g/mol. The molecule has 4 heteroatoms. The highest BCUT2D eigenvalue weighted by Crippen LogP contribution is 2.52. The third kappa shape index (κ3) is 4.82. The van der Waals surface area contributed by atoms with Gasteiger partial charge in [0.25, 0.3) is 6.71 Å². The summed E-state index contributed by atoms with van der Waals surface area (Å²) in [6.45, 7) is 26.0. The van der Waals surface area contributed by atoms with Crippen LogP contribution in [0, 0.1) is 27.7 Å². The third-order valence-corrected chi connectivity index (χ3v) is 13.7. The highest BCUT2D eigenvalue weighted by Gasteiger charge is 2.48. The standard InChI is InChI=1S/C48H51BN2S/c1-28-22-30(3)44(31(4)23-28)51-38-27-36-35(47(8,9)20-21-48(36,10)11)26-37(38)49-42-34-14-12-13-15-41(34)52-45(42)50(39-24-29(2)25-40(51)43(39)49)33-18-16-32(17-19-33)46(5,6)7/h12-19,22-27H,20-21H2,1-11H3. The second-order valence-electron chi connectivity index (χ2n) is 18.4. The minimum Gasteiger partial charge on any atom is -0.311 e. The van der Waals surface area contributed by atoms with Gasteiger partial charge in [0.1, 0.15) is 0 Å². The smallest absolute Gasteiger partial charge is 0.254 e. The van der Waals surface area contributed by atoms with Gasteiger partial charge in [-0.15, -0.1) is 11.3 Å².